The van der Waals surface area contributed by atoms with Crippen molar-refractivity contribution in [1.82, 2.24) is 4.90 Å². The van der Waals surface area contributed by atoms with Crippen LogP contribution in [0.15, 0.2) is 12.1 Å². The van der Waals surface area contributed by atoms with Crippen LogP contribution >= 0.6 is 0 Å². The number of rotatable bonds is 6. The van der Waals surface area contributed by atoms with Gasteiger partial charge in [0.1, 0.15) is 18.5 Å². The summed E-state index contributed by atoms with van der Waals surface area (Å²) in [6.07, 6.45) is -0.00898. The van der Waals surface area contributed by atoms with E-state index < -0.39 is 15.9 Å². The molecule has 130 valence electrons. The summed E-state index contributed by atoms with van der Waals surface area (Å²) in [6.45, 7) is 6.65. The average Bonchev–Trinajstić information content (AvgIpc) is 2.83. The molecular formula is C17H27NO4S. The van der Waals surface area contributed by atoms with Gasteiger partial charge in [-0.25, -0.2) is 8.42 Å². The standard InChI is InChI=1S/C17H27NO4S/c1-12-5-6-13(2)17(14(12)3)22-10-16(19)9-18(4)15-7-8-23(20,21)11-15/h5-6,15-16,19H,7-11H2,1-4H3/t15-,16+/m1/s1. The second kappa shape index (κ2) is 7.20. The Balaban J connectivity index is 1.88. The van der Waals surface area contributed by atoms with E-state index in [1.807, 2.05) is 38.8 Å². The molecule has 1 heterocycles. The molecule has 0 aliphatic carbocycles. The molecule has 1 saturated heterocycles. The van der Waals surface area contributed by atoms with E-state index in [2.05, 4.69) is 6.07 Å². The van der Waals surface area contributed by atoms with Crippen molar-refractivity contribution in [2.45, 2.75) is 39.3 Å². The maximum absolute atomic E-state index is 11.5. The number of nitrogens with zero attached hydrogens (tertiary/aromatic N) is 1. The molecule has 5 nitrogen and oxygen atoms in total. The Bertz CT molecular complexity index is 657. The quantitative estimate of drug-likeness (QED) is 0.849. The van der Waals surface area contributed by atoms with Gasteiger partial charge < -0.3 is 9.84 Å². The Morgan fingerprint density at radius 1 is 1.30 bits per heavy atom. The molecule has 2 atom stereocenters. The van der Waals surface area contributed by atoms with E-state index in [4.69, 9.17) is 4.74 Å². The summed E-state index contributed by atoms with van der Waals surface area (Å²) in [5.41, 5.74) is 3.30. The fourth-order valence-corrected chi connectivity index (χ4v) is 4.79. The summed E-state index contributed by atoms with van der Waals surface area (Å²) in [7, 11) is -1.04. The van der Waals surface area contributed by atoms with Gasteiger partial charge in [-0.1, -0.05) is 12.1 Å². The highest BCUT2D eigenvalue weighted by Crippen LogP contribution is 2.26. The first kappa shape index (κ1) is 18.2. The number of aliphatic hydroxyl groups excluding tert-OH is 1. The number of aryl methyl sites for hydroxylation is 2. The van der Waals surface area contributed by atoms with Crippen LogP contribution in [0.4, 0.5) is 0 Å². The fraction of sp³-hybridized carbons (Fsp3) is 0.647. The lowest BCUT2D eigenvalue weighted by molar-refractivity contribution is 0.0659. The van der Waals surface area contributed by atoms with E-state index in [-0.39, 0.29) is 24.2 Å². The molecule has 1 aromatic rings. The van der Waals surface area contributed by atoms with Crippen molar-refractivity contribution in [3.05, 3.63) is 28.8 Å². The van der Waals surface area contributed by atoms with E-state index >= 15 is 0 Å². The number of ether oxygens (including phenoxy) is 1. The van der Waals surface area contributed by atoms with Gasteiger partial charge >= 0.3 is 0 Å². The van der Waals surface area contributed by atoms with Crippen molar-refractivity contribution < 1.29 is 18.3 Å². The normalized spacial score (nSPS) is 21.6. The molecule has 0 amide bonds. The number of hydrogen-bond donors (Lipinski definition) is 1. The van der Waals surface area contributed by atoms with Crippen molar-refractivity contribution in [3.8, 4) is 5.75 Å². The maximum atomic E-state index is 11.5. The van der Waals surface area contributed by atoms with Crippen LogP contribution in [-0.2, 0) is 9.84 Å². The zero-order chi connectivity index (χ0) is 17.2. The first-order valence-corrected chi connectivity index (χ1v) is 9.80. The van der Waals surface area contributed by atoms with Crippen LogP contribution < -0.4 is 4.74 Å². The van der Waals surface area contributed by atoms with Crippen molar-refractivity contribution >= 4 is 9.84 Å². The summed E-state index contributed by atoms with van der Waals surface area (Å²) in [4.78, 5) is 1.93. The van der Waals surface area contributed by atoms with Gasteiger partial charge in [0.15, 0.2) is 9.84 Å². The lowest BCUT2D eigenvalue weighted by Gasteiger charge is -2.26. The molecule has 0 spiro atoms. The van der Waals surface area contributed by atoms with Crippen LogP contribution in [0.5, 0.6) is 5.75 Å². The van der Waals surface area contributed by atoms with Crippen LogP contribution in [0, 0.1) is 20.8 Å². The average molecular weight is 341 g/mol. The summed E-state index contributed by atoms with van der Waals surface area (Å²) in [5.74, 6) is 1.26. The molecule has 0 bridgehead atoms. The number of benzene rings is 1. The van der Waals surface area contributed by atoms with Crippen LogP contribution in [0.1, 0.15) is 23.1 Å². The number of hydrogen-bond acceptors (Lipinski definition) is 5. The largest absolute Gasteiger partial charge is 0.490 e. The molecule has 2 rings (SSSR count). The van der Waals surface area contributed by atoms with Gasteiger partial charge in [0.05, 0.1) is 11.5 Å². The second-order valence-corrected chi connectivity index (χ2v) is 8.84. The topological polar surface area (TPSA) is 66.8 Å². The van der Waals surface area contributed by atoms with E-state index in [1.165, 1.54) is 0 Å². The molecule has 6 heteroatoms. The van der Waals surface area contributed by atoms with Crippen LogP contribution in [0.25, 0.3) is 0 Å². The number of sulfone groups is 1. The summed E-state index contributed by atoms with van der Waals surface area (Å²) in [6, 6.07) is 4.07. The first-order chi connectivity index (χ1) is 10.7. The van der Waals surface area contributed by atoms with Gasteiger partial charge in [0.2, 0.25) is 0 Å². The Morgan fingerprint density at radius 3 is 2.57 bits per heavy atom. The molecule has 0 unspecified atom stereocenters. The monoisotopic (exact) mass is 341 g/mol. The minimum Gasteiger partial charge on any atom is -0.490 e. The third-order valence-corrected chi connectivity index (χ3v) is 6.37. The number of aliphatic hydroxyl groups is 1. The summed E-state index contributed by atoms with van der Waals surface area (Å²) in [5, 5.41) is 10.2. The van der Waals surface area contributed by atoms with Gasteiger partial charge in [0, 0.05) is 12.6 Å². The van der Waals surface area contributed by atoms with Crippen molar-refractivity contribution in [2.75, 3.05) is 31.7 Å². The molecular weight excluding hydrogens is 314 g/mol. The Kier molecular flexibility index (Phi) is 5.70. The lowest BCUT2D eigenvalue weighted by Crippen LogP contribution is -2.40. The third-order valence-electron chi connectivity index (χ3n) is 4.62. The van der Waals surface area contributed by atoms with Gasteiger partial charge in [-0.3, -0.25) is 4.90 Å². The molecule has 0 aromatic heterocycles. The minimum absolute atomic E-state index is 0.00269. The van der Waals surface area contributed by atoms with Crippen molar-refractivity contribution in [1.29, 1.82) is 0 Å². The lowest BCUT2D eigenvalue weighted by atomic mass is 10.1. The van der Waals surface area contributed by atoms with Crippen molar-refractivity contribution in [2.24, 2.45) is 0 Å². The van der Waals surface area contributed by atoms with Crippen LogP contribution in [0.2, 0.25) is 0 Å². The molecule has 0 saturated carbocycles. The molecule has 23 heavy (non-hydrogen) atoms. The zero-order valence-corrected chi connectivity index (χ0v) is 15.2. The highest BCUT2D eigenvalue weighted by molar-refractivity contribution is 7.91. The van der Waals surface area contributed by atoms with Crippen LogP contribution in [-0.4, -0.2) is 62.3 Å². The molecule has 1 aromatic carbocycles. The molecule has 1 fully saturated rings. The van der Waals surface area contributed by atoms with E-state index in [9.17, 15) is 13.5 Å². The SMILES string of the molecule is Cc1ccc(C)c(OC[C@@H](O)CN(C)[C@@H]2CCS(=O)(=O)C2)c1C. The smallest absolute Gasteiger partial charge is 0.151 e. The summed E-state index contributed by atoms with van der Waals surface area (Å²) >= 11 is 0. The Hall–Kier alpha value is -1.11. The Morgan fingerprint density at radius 2 is 1.96 bits per heavy atom. The van der Waals surface area contributed by atoms with E-state index in [1.54, 1.807) is 0 Å². The number of likely N-dealkylation sites (N-methyl/N-ethyl adjacent to an activating group) is 1. The molecule has 1 aliphatic rings. The fourth-order valence-electron chi connectivity index (χ4n) is 2.98. The van der Waals surface area contributed by atoms with E-state index in [0.717, 1.165) is 22.4 Å². The first-order valence-electron chi connectivity index (χ1n) is 7.98. The zero-order valence-electron chi connectivity index (χ0n) is 14.4. The van der Waals surface area contributed by atoms with Gasteiger partial charge in [0.25, 0.3) is 0 Å². The second-order valence-electron chi connectivity index (χ2n) is 6.61. The predicted octanol–water partition coefficient (Wildman–Crippen LogP) is 1.47. The van der Waals surface area contributed by atoms with Crippen molar-refractivity contribution in [3.63, 3.8) is 0 Å². The highest BCUT2D eigenvalue weighted by Gasteiger charge is 2.31. The summed E-state index contributed by atoms with van der Waals surface area (Å²) < 4.78 is 28.9. The molecule has 0 radical (unpaired) electrons. The molecule has 1 aliphatic heterocycles. The Labute approximate surface area is 139 Å². The predicted molar refractivity (Wildman–Crippen MR) is 91.8 cm³/mol. The van der Waals surface area contributed by atoms with Gasteiger partial charge in [-0.2, -0.15) is 0 Å². The minimum atomic E-state index is -2.90. The third kappa shape index (κ3) is 4.68. The molecule has 1 N–H and O–H groups in total. The van der Waals surface area contributed by atoms with Gasteiger partial charge in [-0.05, 0) is 50.9 Å². The van der Waals surface area contributed by atoms with E-state index in [0.29, 0.717) is 13.0 Å². The van der Waals surface area contributed by atoms with Gasteiger partial charge in [-0.15, -0.1) is 0 Å². The van der Waals surface area contributed by atoms with Crippen LogP contribution in [0.3, 0.4) is 0 Å². The highest BCUT2D eigenvalue weighted by atomic mass is 32.2. The maximum Gasteiger partial charge on any atom is 0.151 e.